The van der Waals surface area contributed by atoms with Crippen LogP contribution in [0.15, 0.2) is 24.0 Å². The van der Waals surface area contributed by atoms with Crippen molar-refractivity contribution in [3.8, 4) is 0 Å². The Morgan fingerprint density at radius 2 is 1.86 bits per heavy atom. The highest BCUT2D eigenvalue weighted by molar-refractivity contribution is 5.89. The summed E-state index contributed by atoms with van der Waals surface area (Å²) in [5, 5.41) is 59.5. The molecule has 0 bridgehead atoms. The first-order chi connectivity index (χ1) is 13.8. The number of fused-ring (bicyclic) bond motifs is 1. The van der Waals surface area contributed by atoms with E-state index in [-0.39, 0.29) is 12.2 Å². The largest absolute Gasteiger partial charge is 0.471 e. The smallest absolute Gasteiger partial charge is 0.337 e. The second-order valence-electron chi connectivity index (χ2n) is 7.33. The Bertz CT molecular complexity index is 662. The van der Waals surface area contributed by atoms with E-state index in [4.69, 9.17) is 18.9 Å². The van der Waals surface area contributed by atoms with E-state index in [0.717, 1.165) is 6.26 Å². The molecule has 6 N–H and O–H groups in total. The van der Waals surface area contributed by atoms with E-state index in [1.165, 1.54) is 13.2 Å². The van der Waals surface area contributed by atoms with Crippen LogP contribution in [0.4, 0.5) is 0 Å². The highest BCUT2D eigenvalue weighted by Gasteiger charge is 2.54. The Hall–Kier alpha value is -1.57. The van der Waals surface area contributed by atoms with Crippen LogP contribution >= 0.6 is 0 Å². The molecule has 2 aliphatic heterocycles. The van der Waals surface area contributed by atoms with Crippen molar-refractivity contribution in [2.45, 2.75) is 42.4 Å². The Kier molecular flexibility index (Phi) is 6.61. The average Bonchev–Trinajstić information content (AvgIpc) is 3.09. The first-order valence-corrected chi connectivity index (χ1v) is 9.16. The van der Waals surface area contributed by atoms with Crippen molar-refractivity contribution in [2.24, 2.45) is 11.8 Å². The van der Waals surface area contributed by atoms with Crippen LogP contribution < -0.4 is 0 Å². The summed E-state index contributed by atoms with van der Waals surface area (Å²) in [4.78, 5) is 12.0. The van der Waals surface area contributed by atoms with E-state index in [0.29, 0.717) is 0 Å². The summed E-state index contributed by atoms with van der Waals surface area (Å²) >= 11 is 0. The zero-order valence-electron chi connectivity index (χ0n) is 15.7. The average molecular weight is 418 g/mol. The molecule has 2 heterocycles. The summed E-state index contributed by atoms with van der Waals surface area (Å²) in [5.74, 6) is -2.19. The quantitative estimate of drug-likeness (QED) is 0.189. The van der Waals surface area contributed by atoms with E-state index < -0.39 is 73.4 Å². The Labute approximate surface area is 166 Å². The Balaban J connectivity index is 1.75. The highest BCUT2D eigenvalue weighted by atomic mass is 16.7. The van der Waals surface area contributed by atoms with Crippen molar-refractivity contribution in [3.05, 3.63) is 24.0 Å². The second-order valence-corrected chi connectivity index (χ2v) is 7.33. The lowest BCUT2D eigenvalue weighted by atomic mass is 9.79. The first-order valence-electron chi connectivity index (χ1n) is 9.16. The van der Waals surface area contributed by atoms with Gasteiger partial charge >= 0.3 is 5.97 Å². The van der Waals surface area contributed by atoms with Crippen LogP contribution in [0.5, 0.6) is 0 Å². The number of hydrogen-bond donors (Lipinski definition) is 6. The summed E-state index contributed by atoms with van der Waals surface area (Å²) in [5.41, 5.74) is -1.58. The molecule has 1 aliphatic carbocycles. The molecule has 164 valence electrons. The van der Waals surface area contributed by atoms with Gasteiger partial charge in [-0.15, -0.1) is 0 Å². The van der Waals surface area contributed by atoms with Crippen LogP contribution in [0.1, 0.15) is 0 Å². The van der Waals surface area contributed by atoms with Gasteiger partial charge in [-0.3, -0.25) is 0 Å². The van der Waals surface area contributed by atoms with E-state index in [2.05, 4.69) is 0 Å². The van der Waals surface area contributed by atoms with Gasteiger partial charge in [-0.25, -0.2) is 4.79 Å². The number of rotatable bonds is 6. The minimum Gasteiger partial charge on any atom is -0.471 e. The first kappa shape index (κ1) is 22.1. The number of allylic oxidation sites excluding steroid dienone is 1. The third-order valence-corrected chi connectivity index (χ3v) is 5.63. The molecule has 0 saturated carbocycles. The fourth-order valence-corrected chi connectivity index (χ4v) is 3.93. The lowest BCUT2D eigenvalue weighted by Crippen LogP contribution is -2.60. The van der Waals surface area contributed by atoms with Gasteiger partial charge in [0.05, 0.1) is 44.7 Å². The highest BCUT2D eigenvalue weighted by Crippen LogP contribution is 2.45. The van der Waals surface area contributed by atoms with Crippen molar-refractivity contribution < 1.29 is 54.4 Å². The van der Waals surface area contributed by atoms with Crippen LogP contribution in [-0.2, 0) is 23.7 Å². The molecule has 0 aromatic carbocycles. The van der Waals surface area contributed by atoms with Crippen molar-refractivity contribution in [1.29, 1.82) is 0 Å². The second kappa shape index (κ2) is 8.66. The molecule has 0 aromatic rings. The van der Waals surface area contributed by atoms with Crippen molar-refractivity contribution in [1.82, 2.24) is 0 Å². The van der Waals surface area contributed by atoms with Gasteiger partial charge in [-0.2, -0.15) is 0 Å². The zero-order chi connectivity index (χ0) is 21.3. The predicted octanol–water partition coefficient (Wildman–Crippen LogP) is -3.22. The molecule has 0 radical (unpaired) electrons. The minimum atomic E-state index is -1.72. The third-order valence-electron chi connectivity index (χ3n) is 5.63. The number of hydrogen-bond acceptors (Lipinski definition) is 11. The topological polar surface area (TPSA) is 175 Å². The molecule has 3 rings (SSSR count). The number of carbonyl (C=O) groups excluding carboxylic acids is 1. The van der Waals surface area contributed by atoms with E-state index in [9.17, 15) is 35.4 Å². The summed E-state index contributed by atoms with van der Waals surface area (Å²) in [6, 6.07) is 0. The molecular formula is C18H26O11. The van der Waals surface area contributed by atoms with Crippen LogP contribution in [0.2, 0.25) is 0 Å². The number of aliphatic hydroxyl groups excluding tert-OH is 5. The van der Waals surface area contributed by atoms with Crippen LogP contribution in [0.3, 0.4) is 0 Å². The molecule has 9 atom stereocenters. The molecule has 11 nitrogen and oxygen atoms in total. The standard InChI is InChI=1S/C18H26O11/c1-26-16(24)9-5-27-17(12-8(9)2-3-18(12,25)7-20)28-6-11-14(22)15(23)13(21)10(4-19)29-11/h2-3,5,8,10-15,17,19-23,25H,4,6-7H2,1H3/t8?,10-,11+,12?,13-,14+,15+,17?,18-/m1/s1. The monoisotopic (exact) mass is 418 g/mol. The molecule has 0 spiro atoms. The van der Waals surface area contributed by atoms with Crippen LogP contribution in [0, 0.1) is 11.8 Å². The zero-order valence-corrected chi connectivity index (χ0v) is 15.7. The van der Waals surface area contributed by atoms with Gasteiger partial charge in [0.25, 0.3) is 0 Å². The maximum atomic E-state index is 12.0. The van der Waals surface area contributed by atoms with E-state index >= 15 is 0 Å². The maximum Gasteiger partial charge on any atom is 0.337 e. The number of ether oxygens (including phenoxy) is 4. The van der Waals surface area contributed by atoms with E-state index in [1.807, 2.05) is 0 Å². The van der Waals surface area contributed by atoms with Crippen LogP contribution in [-0.4, -0.2) is 106 Å². The van der Waals surface area contributed by atoms with Crippen molar-refractivity contribution in [3.63, 3.8) is 0 Å². The molecule has 29 heavy (non-hydrogen) atoms. The molecule has 0 aromatic heterocycles. The SMILES string of the molecule is COC(=O)C1=COC(OC[C@@H]2O[C@H](CO)[C@@H](O)[C@H](O)[C@H]2O)C2C1C=C[C@@]2(O)CO. The fourth-order valence-electron chi connectivity index (χ4n) is 3.93. The van der Waals surface area contributed by atoms with Gasteiger partial charge in [-0.05, 0) is 0 Å². The van der Waals surface area contributed by atoms with Gasteiger partial charge in [0.1, 0.15) is 36.1 Å². The summed E-state index contributed by atoms with van der Waals surface area (Å²) < 4.78 is 21.2. The molecule has 3 unspecified atom stereocenters. The number of carbonyl (C=O) groups is 1. The summed E-state index contributed by atoms with van der Waals surface area (Å²) in [7, 11) is 1.21. The van der Waals surface area contributed by atoms with E-state index in [1.54, 1.807) is 6.08 Å². The fraction of sp³-hybridized carbons (Fsp3) is 0.722. The predicted molar refractivity (Wildman–Crippen MR) is 92.8 cm³/mol. The van der Waals surface area contributed by atoms with Gasteiger partial charge < -0.3 is 49.6 Å². The maximum absolute atomic E-state index is 12.0. The molecule has 11 heteroatoms. The third kappa shape index (κ3) is 3.92. The van der Waals surface area contributed by atoms with Crippen molar-refractivity contribution >= 4 is 5.97 Å². The minimum absolute atomic E-state index is 0.144. The summed E-state index contributed by atoms with van der Waals surface area (Å²) in [6.07, 6.45) is -3.80. The van der Waals surface area contributed by atoms with Gasteiger partial charge in [0.2, 0.25) is 6.29 Å². The number of aliphatic hydroxyl groups is 6. The Morgan fingerprint density at radius 3 is 2.48 bits per heavy atom. The molecular weight excluding hydrogens is 392 g/mol. The van der Waals surface area contributed by atoms with Gasteiger partial charge in [0, 0.05) is 5.92 Å². The number of methoxy groups -OCH3 is 1. The van der Waals surface area contributed by atoms with Crippen LogP contribution in [0.25, 0.3) is 0 Å². The lowest BCUT2D eigenvalue weighted by Gasteiger charge is -2.42. The molecule has 0 amide bonds. The van der Waals surface area contributed by atoms with Gasteiger partial charge in [-0.1, -0.05) is 12.2 Å². The Morgan fingerprint density at radius 1 is 1.17 bits per heavy atom. The van der Waals surface area contributed by atoms with Crippen molar-refractivity contribution in [2.75, 3.05) is 26.9 Å². The normalized spacial score (nSPS) is 44.0. The molecule has 3 aliphatic rings. The van der Waals surface area contributed by atoms with Gasteiger partial charge in [0.15, 0.2) is 0 Å². The number of esters is 1. The molecule has 1 fully saturated rings. The molecule has 1 saturated heterocycles. The summed E-state index contributed by atoms with van der Waals surface area (Å²) in [6.45, 7) is -1.55. The lowest BCUT2D eigenvalue weighted by molar-refractivity contribution is -0.262.